The van der Waals surface area contributed by atoms with E-state index in [1.807, 2.05) is 13.0 Å². The highest BCUT2D eigenvalue weighted by atomic mass is 16.5. The van der Waals surface area contributed by atoms with Gasteiger partial charge in [-0.25, -0.2) is 4.79 Å². The lowest BCUT2D eigenvalue weighted by Crippen LogP contribution is -2.46. The minimum absolute atomic E-state index is 0.241. The second-order valence-corrected chi connectivity index (χ2v) is 4.85. The molecule has 122 valence electrons. The van der Waals surface area contributed by atoms with Crippen LogP contribution >= 0.6 is 0 Å². The van der Waals surface area contributed by atoms with E-state index in [2.05, 4.69) is 10.6 Å². The third-order valence-corrected chi connectivity index (χ3v) is 2.90. The maximum absolute atomic E-state index is 11.7. The van der Waals surface area contributed by atoms with Crippen LogP contribution in [0.4, 0.5) is 0 Å². The number of rotatable bonds is 7. The summed E-state index contributed by atoms with van der Waals surface area (Å²) in [5, 5.41) is 13.8. The van der Waals surface area contributed by atoms with Crippen molar-refractivity contribution in [1.29, 1.82) is 5.26 Å². The molecular weight excluding hydrogens is 298 g/mol. The van der Waals surface area contributed by atoms with Crippen molar-refractivity contribution < 1.29 is 19.1 Å². The lowest BCUT2D eigenvalue weighted by molar-refractivity contribution is -0.130. The van der Waals surface area contributed by atoms with E-state index in [4.69, 9.17) is 10.00 Å². The van der Waals surface area contributed by atoms with Crippen molar-refractivity contribution in [3.8, 4) is 6.07 Å². The van der Waals surface area contributed by atoms with Crippen LogP contribution in [0.2, 0.25) is 0 Å². The van der Waals surface area contributed by atoms with E-state index >= 15 is 0 Å². The van der Waals surface area contributed by atoms with Gasteiger partial charge in [0, 0.05) is 6.54 Å². The summed E-state index contributed by atoms with van der Waals surface area (Å²) in [6.07, 6.45) is 0.800. The van der Waals surface area contributed by atoms with Crippen LogP contribution in [0, 0.1) is 11.3 Å². The summed E-state index contributed by atoms with van der Waals surface area (Å²) >= 11 is 0. The molecule has 0 fully saturated rings. The Bertz CT molecular complexity index is 605. The van der Waals surface area contributed by atoms with Crippen molar-refractivity contribution in [3.05, 3.63) is 35.4 Å². The van der Waals surface area contributed by atoms with Crippen molar-refractivity contribution >= 4 is 17.8 Å². The van der Waals surface area contributed by atoms with Gasteiger partial charge in [0.1, 0.15) is 6.04 Å². The molecule has 1 rings (SSSR count). The zero-order valence-corrected chi connectivity index (χ0v) is 13.1. The summed E-state index contributed by atoms with van der Waals surface area (Å²) in [6, 6.07) is 7.08. The zero-order valence-electron chi connectivity index (χ0n) is 13.1. The number of nitriles is 1. The Hall–Kier alpha value is -2.88. The Labute approximate surface area is 134 Å². The molecule has 0 unspecified atom stereocenters. The average molecular weight is 317 g/mol. The van der Waals surface area contributed by atoms with E-state index in [-0.39, 0.29) is 11.5 Å². The Morgan fingerprint density at radius 1 is 1.26 bits per heavy atom. The van der Waals surface area contributed by atoms with E-state index in [0.29, 0.717) is 12.1 Å². The first kappa shape index (κ1) is 18.2. The summed E-state index contributed by atoms with van der Waals surface area (Å²) in [6.45, 7) is 3.52. The number of carbonyl (C=O) groups is 3. The third-order valence-electron chi connectivity index (χ3n) is 2.90. The van der Waals surface area contributed by atoms with E-state index in [1.54, 1.807) is 6.92 Å². The lowest BCUT2D eigenvalue weighted by Gasteiger charge is -2.13. The second kappa shape index (κ2) is 9.20. The van der Waals surface area contributed by atoms with Gasteiger partial charge in [-0.3, -0.25) is 9.59 Å². The SMILES string of the molecule is CCCNC(=O)[C@@H](C)NC(=O)COC(=O)c1ccc(C#N)cc1. The maximum atomic E-state index is 11.7. The number of hydrogen-bond acceptors (Lipinski definition) is 5. The van der Waals surface area contributed by atoms with Crippen molar-refractivity contribution in [3.63, 3.8) is 0 Å². The number of nitrogens with one attached hydrogen (secondary N) is 2. The van der Waals surface area contributed by atoms with Gasteiger partial charge < -0.3 is 15.4 Å². The molecule has 7 heteroatoms. The molecule has 0 aliphatic heterocycles. The molecule has 0 saturated heterocycles. The highest BCUT2D eigenvalue weighted by Gasteiger charge is 2.16. The molecule has 7 nitrogen and oxygen atoms in total. The average Bonchev–Trinajstić information content (AvgIpc) is 2.57. The number of esters is 1. The topological polar surface area (TPSA) is 108 Å². The van der Waals surface area contributed by atoms with Crippen molar-refractivity contribution in [2.24, 2.45) is 0 Å². The first-order chi connectivity index (χ1) is 11.0. The van der Waals surface area contributed by atoms with Crippen molar-refractivity contribution in [1.82, 2.24) is 10.6 Å². The molecule has 0 radical (unpaired) electrons. The summed E-state index contributed by atoms with van der Waals surface area (Å²) in [5.41, 5.74) is 0.664. The number of amides is 2. The third kappa shape index (κ3) is 6.18. The lowest BCUT2D eigenvalue weighted by atomic mass is 10.1. The fraction of sp³-hybridized carbons (Fsp3) is 0.375. The molecule has 0 saturated carbocycles. The van der Waals surface area contributed by atoms with Gasteiger partial charge in [-0.15, -0.1) is 0 Å². The van der Waals surface area contributed by atoms with E-state index in [1.165, 1.54) is 24.3 Å². The molecule has 1 atom stereocenters. The van der Waals surface area contributed by atoms with Gasteiger partial charge in [0.05, 0.1) is 17.2 Å². The summed E-state index contributed by atoms with van der Waals surface area (Å²) < 4.78 is 4.86. The zero-order chi connectivity index (χ0) is 17.2. The molecular formula is C16H19N3O4. The van der Waals surface area contributed by atoms with Crippen molar-refractivity contribution in [2.45, 2.75) is 26.3 Å². The van der Waals surface area contributed by atoms with Crippen LogP contribution in [-0.2, 0) is 14.3 Å². The van der Waals surface area contributed by atoms with Gasteiger partial charge in [0.25, 0.3) is 5.91 Å². The van der Waals surface area contributed by atoms with E-state index in [0.717, 1.165) is 6.42 Å². The Kier molecular flexibility index (Phi) is 7.27. The van der Waals surface area contributed by atoms with Crippen molar-refractivity contribution in [2.75, 3.05) is 13.2 Å². The number of hydrogen-bond donors (Lipinski definition) is 2. The fourth-order valence-electron chi connectivity index (χ4n) is 1.65. The van der Waals surface area contributed by atoms with Crippen LogP contribution in [0.1, 0.15) is 36.2 Å². The van der Waals surface area contributed by atoms with Crippen LogP contribution in [0.3, 0.4) is 0 Å². The van der Waals surface area contributed by atoms with Gasteiger partial charge in [0.2, 0.25) is 5.91 Å². The Morgan fingerprint density at radius 2 is 1.91 bits per heavy atom. The van der Waals surface area contributed by atoms with Crippen LogP contribution < -0.4 is 10.6 Å². The highest BCUT2D eigenvalue weighted by molar-refractivity contribution is 5.92. The minimum Gasteiger partial charge on any atom is -0.452 e. The smallest absolute Gasteiger partial charge is 0.338 e. The first-order valence-corrected chi connectivity index (χ1v) is 7.22. The normalized spacial score (nSPS) is 11.0. The molecule has 2 N–H and O–H groups in total. The molecule has 0 aromatic heterocycles. The summed E-state index contributed by atoms with van der Waals surface area (Å²) in [4.78, 5) is 35.0. The van der Waals surface area contributed by atoms with Gasteiger partial charge in [-0.05, 0) is 37.6 Å². The maximum Gasteiger partial charge on any atom is 0.338 e. The number of benzene rings is 1. The molecule has 0 spiro atoms. The monoisotopic (exact) mass is 317 g/mol. The highest BCUT2D eigenvalue weighted by Crippen LogP contribution is 2.04. The second-order valence-electron chi connectivity index (χ2n) is 4.85. The van der Waals surface area contributed by atoms with Gasteiger partial charge in [-0.1, -0.05) is 6.92 Å². The summed E-state index contributed by atoms with van der Waals surface area (Å²) in [5.74, 6) is -1.53. The molecule has 0 aliphatic rings. The molecule has 0 heterocycles. The molecule has 23 heavy (non-hydrogen) atoms. The molecule has 0 aliphatic carbocycles. The minimum atomic E-state index is -0.706. The van der Waals surface area contributed by atoms with Gasteiger partial charge in [0.15, 0.2) is 6.61 Å². The summed E-state index contributed by atoms with van der Waals surface area (Å²) in [7, 11) is 0. The fourth-order valence-corrected chi connectivity index (χ4v) is 1.65. The number of nitrogens with zero attached hydrogens (tertiary/aromatic N) is 1. The van der Waals surface area contributed by atoms with Crippen LogP contribution in [-0.4, -0.2) is 37.0 Å². The van der Waals surface area contributed by atoms with Crippen LogP contribution in [0.15, 0.2) is 24.3 Å². The number of ether oxygens (including phenoxy) is 1. The van der Waals surface area contributed by atoms with E-state index < -0.39 is 24.5 Å². The molecule has 1 aromatic rings. The quantitative estimate of drug-likeness (QED) is 0.721. The van der Waals surface area contributed by atoms with Crippen LogP contribution in [0.5, 0.6) is 0 Å². The van der Waals surface area contributed by atoms with Gasteiger partial charge in [-0.2, -0.15) is 5.26 Å². The van der Waals surface area contributed by atoms with Crippen LogP contribution in [0.25, 0.3) is 0 Å². The van der Waals surface area contributed by atoms with E-state index in [9.17, 15) is 14.4 Å². The van der Waals surface area contributed by atoms with Gasteiger partial charge >= 0.3 is 5.97 Å². The standard InChI is InChI=1S/C16H19N3O4/c1-3-8-18-15(21)11(2)19-14(20)10-23-16(22)13-6-4-12(9-17)5-7-13/h4-7,11H,3,8,10H2,1-2H3,(H,18,21)(H,19,20)/t11-/m1/s1. The number of carbonyl (C=O) groups excluding carboxylic acids is 3. The Balaban J connectivity index is 2.41. The predicted molar refractivity (Wildman–Crippen MR) is 82.3 cm³/mol. The Morgan fingerprint density at radius 3 is 2.48 bits per heavy atom. The first-order valence-electron chi connectivity index (χ1n) is 7.22. The molecule has 1 aromatic carbocycles. The largest absolute Gasteiger partial charge is 0.452 e. The molecule has 2 amide bonds. The molecule has 0 bridgehead atoms. The predicted octanol–water partition coefficient (Wildman–Crippen LogP) is 0.746.